The van der Waals surface area contributed by atoms with E-state index in [4.69, 9.17) is 11.6 Å². The Hall–Kier alpha value is -1.09. The predicted octanol–water partition coefficient (Wildman–Crippen LogP) is 2.48. The second kappa shape index (κ2) is 5.85. The lowest BCUT2D eigenvalue weighted by molar-refractivity contribution is 0.0718. The first-order chi connectivity index (χ1) is 7.56. The summed E-state index contributed by atoms with van der Waals surface area (Å²) in [5.74, 6) is 0.467. The summed E-state index contributed by atoms with van der Waals surface area (Å²) in [6.07, 6.45) is 1.65. The molecular weight excluding hydrogens is 224 g/mol. The second-order valence-corrected chi connectivity index (χ2v) is 4.35. The molecule has 0 aromatic carbocycles. The molecule has 0 aliphatic carbocycles. The van der Waals surface area contributed by atoms with Crippen LogP contribution in [-0.4, -0.2) is 34.3 Å². The summed E-state index contributed by atoms with van der Waals surface area (Å²) in [6.45, 7) is 6.41. The number of halogens is 1. The number of aryl methyl sites for hydroxylation is 1. The first kappa shape index (κ1) is 13.0. The van der Waals surface area contributed by atoms with Crippen molar-refractivity contribution in [3.05, 3.63) is 29.6 Å². The number of aromatic nitrogens is 1. The molecule has 4 heteroatoms. The molecule has 0 aliphatic heterocycles. The number of alkyl halides is 1. The Labute approximate surface area is 101 Å². The smallest absolute Gasteiger partial charge is 0.254 e. The Morgan fingerprint density at radius 1 is 1.56 bits per heavy atom. The molecule has 0 aliphatic rings. The van der Waals surface area contributed by atoms with Crippen LogP contribution < -0.4 is 0 Å². The molecule has 0 atom stereocenters. The van der Waals surface area contributed by atoms with Gasteiger partial charge in [0.25, 0.3) is 5.91 Å². The molecule has 0 spiro atoms. The average molecular weight is 241 g/mol. The van der Waals surface area contributed by atoms with E-state index >= 15 is 0 Å². The summed E-state index contributed by atoms with van der Waals surface area (Å²) < 4.78 is 0. The molecule has 0 unspecified atom stereocenters. The van der Waals surface area contributed by atoms with Crippen molar-refractivity contribution >= 4 is 17.5 Å². The third-order valence-electron chi connectivity index (χ3n) is 2.35. The van der Waals surface area contributed by atoms with E-state index in [1.807, 2.05) is 20.8 Å². The van der Waals surface area contributed by atoms with Crippen LogP contribution in [0.1, 0.15) is 29.9 Å². The van der Waals surface area contributed by atoms with E-state index in [0.717, 1.165) is 5.69 Å². The van der Waals surface area contributed by atoms with Crippen LogP contribution in [0.5, 0.6) is 0 Å². The average Bonchev–Trinajstić information content (AvgIpc) is 2.24. The minimum absolute atomic E-state index is 0.0150. The Kier molecular flexibility index (Phi) is 4.74. The fourth-order valence-corrected chi connectivity index (χ4v) is 1.71. The summed E-state index contributed by atoms with van der Waals surface area (Å²) in [5.41, 5.74) is 1.52. The van der Waals surface area contributed by atoms with Crippen LogP contribution in [0.3, 0.4) is 0 Å². The molecule has 0 saturated carbocycles. The zero-order valence-corrected chi connectivity index (χ0v) is 10.7. The Bertz CT molecular complexity index is 366. The normalized spacial score (nSPS) is 10.6. The molecule has 88 valence electrons. The van der Waals surface area contributed by atoms with E-state index in [-0.39, 0.29) is 11.9 Å². The lowest BCUT2D eigenvalue weighted by atomic mass is 10.2. The zero-order chi connectivity index (χ0) is 12.1. The number of carbonyl (C=O) groups excluding carboxylic acids is 1. The Morgan fingerprint density at radius 2 is 2.25 bits per heavy atom. The molecule has 16 heavy (non-hydrogen) atoms. The van der Waals surface area contributed by atoms with Crippen molar-refractivity contribution < 1.29 is 4.79 Å². The van der Waals surface area contributed by atoms with E-state index in [1.54, 1.807) is 23.2 Å². The number of rotatable bonds is 4. The number of nitrogens with zero attached hydrogens (tertiary/aromatic N) is 2. The van der Waals surface area contributed by atoms with Crippen LogP contribution >= 0.6 is 11.6 Å². The number of carbonyl (C=O) groups is 1. The van der Waals surface area contributed by atoms with Gasteiger partial charge in [-0.3, -0.25) is 9.78 Å². The molecular formula is C12H17ClN2O. The maximum atomic E-state index is 12.2. The van der Waals surface area contributed by atoms with E-state index in [2.05, 4.69) is 4.98 Å². The van der Waals surface area contributed by atoms with Gasteiger partial charge < -0.3 is 4.90 Å². The van der Waals surface area contributed by atoms with Gasteiger partial charge in [-0.1, -0.05) is 0 Å². The fraction of sp³-hybridized carbons (Fsp3) is 0.500. The van der Waals surface area contributed by atoms with Gasteiger partial charge in [0, 0.05) is 35.9 Å². The van der Waals surface area contributed by atoms with E-state index in [1.165, 1.54) is 0 Å². The van der Waals surface area contributed by atoms with Gasteiger partial charge in [-0.15, -0.1) is 11.6 Å². The monoisotopic (exact) mass is 240 g/mol. The standard InChI is InChI=1S/C12H17ClN2O/c1-9(2)15(7-5-13)12(16)11-4-6-14-10(3)8-11/h4,6,8-9H,5,7H2,1-3H3. The molecule has 1 rings (SSSR count). The van der Waals surface area contributed by atoms with Crippen LogP contribution in [0.15, 0.2) is 18.3 Å². The first-order valence-corrected chi connectivity index (χ1v) is 5.89. The van der Waals surface area contributed by atoms with Gasteiger partial charge in [-0.25, -0.2) is 0 Å². The van der Waals surface area contributed by atoms with E-state index < -0.39 is 0 Å². The second-order valence-electron chi connectivity index (χ2n) is 3.97. The van der Waals surface area contributed by atoms with Gasteiger partial charge in [-0.05, 0) is 32.9 Å². The lowest BCUT2D eigenvalue weighted by Crippen LogP contribution is -2.38. The van der Waals surface area contributed by atoms with Crippen LogP contribution in [0, 0.1) is 6.92 Å². The van der Waals surface area contributed by atoms with E-state index in [9.17, 15) is 4.79 Å². The largest absolute Gasteiger partial charge is 0.335 e. The van der Waals surface area contributed by atoms with Gasteiger partial charge in [-0.2, -0.15) is 0 Å². The van der Waals surface area contributed by atoms with Crippen LogP contribution in [0.4, 0.5) is 0 Å². The molecule has 1 aromatic heterocycles. The number of hydrogen-bond donors (Lipinski definition) is 0. The van der Waals surface area contributed by atoms with Crippen molar-refractivity contribution in [1.82, 2.24) is 9.88 Å². The maximum Gasteiger partial charge on any atom is 0.254 e. The molecule has 0 N–H and O–H groups in total. The van der Waals surface area contributed by atoms with Gasteiger partial charge >= 0.3 is 0 Å². The highest BCUT2D eigenvalue weighted by Gasteiger charge is 2.17. The lowest BCUT2D eigenvalue weighted by Gasteiger charge is -2.26. The summed E-state index contributed by atoms with van der Waals surface area (Å²) in [7, 11) is 0. The number of hydrogen-bond acceptors (Lipinski definition) is 2. The molecule has 0 fully saturated rings. The zero-order valence-electron chi connectivity index (χ0n) is 9.90. The Morgan fingerprint density at radius 3 is 2.75 bits per heavy atom. The summed E-state index contributed by atoms with van der Waals surface area (Å²) >= 11 is 5.70. The van der Waals surface area contributed by atoms with Gasteiger partial charge in [0.1, 0.15) is 0 Å². The fourth-order valence-electron chi connectivity index (χ4n) is 1.53. The van der Waals surface area contributed by atoms with Gasteiger partial charge in [0.05, 0.1) is 0 Å². The molecule has 3 nitrogen and oxygen atoms in total. The molecule has 0 radical (unpaired) electrons. The molecule has 1 heterocycles. The van der Waals surface area contributed by atoms with E-state index in [0.29, 0.717) is 18.0 Å². The number of pyridine rings is 1. The van der Waals surface area contributed by atoms with Gasteiger partial charge in [0.15, 0.2) is 0 Å². The molecule has 0 saturated heterocycles. The maximum absolute atomic E-state index is 12.2. The first-order valence-electron chi connectivity index (χ1n) is 5.36. The summed E-state index contributed by atoms with van der Waals surface area (Å²) in [6, 6.07) is 3.69. The van der Waals surface area contributed by atoms with Crippen LogP contribution in [0.25, 0.3) is 0 Å². The highest BCUT2D eigenvalue weighted by molar-refractivity contribution is 6.18. The highest BCUT2D eigenvalue weighted by Crippen LogP contribution is 2.09. The quantitative estimate of drug-likeness (QED) is 0.758. The molecule has 1 aromatic rings. The van der Waals surface area contributed by atoms with Crippen molar-refractivity contribution in [2.24, 2.45) is 0 Å². The number of amides is 1. The minimum Gasteiger partial charge on any atom is -0.335 e. The topological polar surface area (TPSA) is 33.2 Å². The SMILES string of the molecule is Cc1cc(C(=O)N(CCCl)C(C)C)ccn1. The van der Waals surface area contributed by atoms with Crippen molar-refractivity contribution in [2.75, 3.05) is 12.4 Å². The third kappa shape index (κ3) is 3.20. The van der Waals surface area contributed by atoms with Crippen molar-refractivity contribution in [1.29, 1.82) is 0 Å². The highest BCUT2D eigenvalue weighted by atomic mass is 35.5. The minimum atomic E-state index is 0.0150. The molecule has 0 bridgehead atoms. The molecule has 1 amide bonds. The van der Waals surface area contributed by atoms with Crippen LogP contribution in [-0.2, 0) is 0 Å². The summed E-state index contributed by atoms with van der Waals surface area (Å²) in [5, 5.41) is 0. The van der Waals surface area contributed by atoms with Crippen molar-refractivity contribution in [3.8, 4) is 0 Å². The predicted molar refractivity (Wildman–Crippen MR) is 65.9 cm³/mol. The van der Waals surface area contributed by atoms with Crippen molar-refractivity contribution in [3.63, 3.8) is 0 Å². The van der Waals surface area contributed by atoms with Crippen LogP contribution in [0.2, 0.25) is 0 Å². The summed E-state index contributed by atoms with van der Waals surface area (Å²) in [4.78, 5) is 18.0. The van der Waals surface area contributed by atoms with Gasteiger partial charge in [0.2, 0.25) is 0 Å². The van der Waals surface area contributed by atoms with Crippen molar-refractivity contribution in [2.45, 2.75) is 26.8 Å². The third-order valence-corrected chi connectivity index (χ3v) is 2.52. The Balaban J connectivity index is 2.90.